The molecule has 0 fully saturated rings. The number of alkyl carbamates (subject to hydrolysis) is 1. The highest BCUT2D eigenvalue weighted by atomic mass is 16.6. The molecular formula is C13H25NO3. The van der Waals surface area contributed by atoms with Crippen LogP contribution in [0.2, 0.25) is 0 Å². The maximum atomic E-state index is 11.6. The molecule has 17 heavy (non-hydrogen) atoms. The van der Waals surface area contributed by atoms with E-state index >= 15 is 0 Å². The zero-order valence-electron chi connectivity index (χ0n) is 11.7. The Labute approximate surface area is 104 Å². The Morgan fingerprint density at radius 1 is 1.29 bits per heavy atom. The number of hydrogen-bond acceptors (Lipinski definition) is 3. The molecule has 0 aromatic carbocycles. The SMILES string of the molecule is CC(C)C[C@@H](NC(=O)OC(C)(C)C)[C@@H](C)C=O. The van der Waals surface area contributed by atoms with Crippen molar-refractivity contribution in [2.24, 2.45) is 11.8 Å². The molecule has 0 aliphatic heterocycles. The van der Waals surface area contributed by atoms with Crippen LogP contribution in [0.15, 0.2) is 0 Å². The Kier molecular flexibility index (Phi) is 6.21. The van der Waals surface area contributed by atoms with E-state index in [2.05, 4.69) is 19.2 Å². The molecule has 0 aliphatic carbocycles. The average molecular weight is 243 g/mol. The van der Waals surface area contributed by atoms with Crippen LogP contribution in [0.4, 0.5) is 4.79 Å². The molecule has 0 aromatic heterocycles. The number of amides is 1. The van der Waals surface area contributed by atoms with Gasteiger partial charge in [-0.3, -0.25) is 0 Å². The number of carbonyl (C=O) groups excluding carboxylic acids is 2. The molecule has 0 bridgehead atoms. The van der Waals surface area contributed by atoms with E-state index in [4.69, 9.17) is 4.74 Å². The number of hydrogen-bond donors (Lipinski definition) is 1. The number of nitrogens with one attached hydrogen (secondary N) is 1. The largest absolute Gasteiger partial charge is 0.444 e. The molecule has 0 spiro atoms. The molecule has 0 heterocycles. The van der Waals surface area contributed by atoms with Crippen molar-refractivity contribution in [3.8, 4) is 0 Å². The summed E-state index contributed by atoms with van der Waals surface area (Å²) in [5.74, 6) is 0.210. The molecule has 4 heteroatoms. The van der Waals surface area contributed by atoms with E-state index in [-0.39, 0.29) is 12.0 Å². The van der Waals surface area contributed by atoms with Gasteiger partial charge in [-0.15, -0.1) is 0 Å². The van der Waals surface area contributed by atoms with Crippen molar-refractivity contribution in [3.05, 3.63) is 0 Å². The monoisotopic (exact) mass is 243 g/mol. The van der Waals surface area contributed by atoms with Crippen LogP contribution in [0.25, 0.3) is 0 Å². The quantitative estimate of drug-likeness (QED) is 0.755. The van der Waals surface area contributed by atoms with Gasteiger partial charge in [0, 0.05) is 12.0 Å². The van der Waals surface area contributed by atoms with Crippen LogP contribution >= 0.6 is 0 Å². The smallest absolute Gasteiger partial charge is 0.407 e. The van der Waals surface area contributed by atoms with E-state index in [1.54, 1.807) is 6.92 Å². The van der Waals surface area contributed by atoms with E-state index in [1.807, 2.05) is 20.8 Å². The molecule has 0 rings (SSSR count). The Hall–Kier alpha value is -1.06. The topological polar surface area (TPSA) is 55.4 Å². The molecule has 0 aliphatic rings. The Balaban J connectivity index is 4.42. The predicted molar refractivity (Wildman–Crippen MR) is 67.8 cm³/mol. The van der Waals surface area contributed by atoms with Gasteiger partial charge in [0.05, 0.1) is 0 Å². The molecule has 1 amide bonds. The van der Waals surface area contributed by atoms with Crippen LogP contribution in [-0.4, -0.2) is 24.0 Å². The first-order chi connectivity index (χ1) is 7.65. The summed E-state index contributed by atoms with van der Waals surface area (Å²) >= 11 is 0. The predicted octanol–water partition coefficient (Wildman–Crippen LogP) is 2.76. The molecular weight excluding hydrogens is 218 g/mol. The summed E-state index contributed by atoms with van der Waals surface area (Å²) < 4.78 is 5.18. The fraction of sp³-hybridized carbons (Fsp3) is 0.846. The summed E-state index contributed by atoms with van der Waals surface area (Å²) in [6.45, 7) is 11.4. The maximum absolute atomic E-state index is 11.6. The van der Waals surface area contributed by atoms with Crippen LogP contribution in [-0.2, 0) is 9.53 Å². The van der Waals surface area contributed by atoms with Crippen LogP contribution in [0.3, 0.4) is 0 Å². The third-order valence-electron chi connectivity index (χ3n) is 2.28. The zero-order valence-corrected chi connectivity index (χ0v) is 11.7. The summed E-state index contributed by atoms with van der Waals surface area (Å²) in [5, 5.41) is 2.76. The van der Waals surface area contributed by atoms with Gasteiger partial charge in [-0.1, -0.05) is 20.8 Å². The van der Waals surface area contributed by atoms with Crippen molar-refractivity contribution in [1.29, 1.82) is 0 Å². The molecule has 2 atom stereocenters. The number of ether oxygens (including phenoxy) is 1. The second-order valence-corrected chi connectivity index (χ2v) is 5.88. The number of rotatable bonds is 5. The fourth-order valence-electron chi connectivity index (χ4n) is 1.47. The van der Waals surface area contributed by atoms with Crippen LogP contribution < -0.4 is 5.32 Å². The van der Waals surface area contributed by atoms with Crippen LogP contribution in [0.5, 0.6) is 0 Å². The van der Waals surface area contributed by atoms with E-state index in [9.17, 15) is 9.59 Å². The highest BCUT2D eigenvalue weighted by Gasteiger charge is 2.23. The first-order valence-electron chi connectivity index (χ1n) is 6.10. The minimum absolute atomic E-state index is 0.164. The number of aldehydes is 1. The Morgan fingerprint density at radius 2 is 1.82 bits per heavy atom. The summed E-state index contributed by atoms with van der Waals surface area (Å²) in [6.07, 6.45) is 1.17. The molecule has 100 valence electrons. The van der Waals surface area contributed by atoms with Crippen LogP contribution in [0, 0.1) is 11.8 Å². The lowest BCUT2D eigenvalue weighted by Gasteiger charge is -2.26. The minimum Gasteiger partial charge on any atom is -0.444 e. The van der Waals surface area contributed by atoms with Gasteiger partial charge in [0.1, 0.15) is 11.9 Å². The van der Waals surface area contributed by atoms with Gasteiger partial charge < -0.3 is 14.8 Å². The Bertz CT molecular complexity index is 256. The molecule has 0 aromatic rings. The van der Waals surface area contributed by atoms with Gasteiger partial charge in [-0.25, -0.2) is 4.79 Å². The lowest BCUT2D eigenvalue weighted by molar-refractivity contribution is -0.111. The van der Waals surface area contributed by atoms with Crippen molar-refractivity contribution in [2.75, 3.05) is 0 Å². The van der Waals surface area contributed by atoms with Crippen LogP contribution in [0.1, 0.15) is 48.0 Å². The summed E-state index contributed by atoms with van der Waals surface area (Å²) in [5.41, 5.74) is -0.517. The molecule has 0 unspecified atom stereocenters. The normalized spacial score (nSPS) is 15.2. The second kappa shape index (κ2) is 6.62. The second-order valence-electron chi connectivity index (χ2n) is 5.88. The highest BCUT2D eigenvalue weighted by Crippen LogP contribution is 2.13. The van der Waals surface area contributed by atoms with Crippen molar-refractivity contribution >= 4 is 12.4 Å². The van der Waals surface area contributed by atoms with E-state index in [1.165, 1.54) is 0 Å². The fourth-order valence-corrected chi connectivity index (χ4v) is 1.47. The molecule has 0 radical (unpaired) electrons. The highest BCUT2D eigenvalue weighted by molar-refractivity contribution is 5.69. The number of carbonyl (C=O) groups is 2. The van der Waals surface area contributed by atoms with Crippen molar-refractivity contribution in [3.63, 3.8) is 0 Å². The van der Waals surface area contributed by atoms with E-state index in [0.717, 1.165) is 12.7 Å². The lowest BCUT2D eigenvalue weighted by Crippen LogP contribution is -2.43. The van der Waals surface area contributed by atoms with Crippen molar-refractivity contribution in [1.82, 2.24) is 5.32 Å². The molecule has 4 nitrogen and oxygen atoms in total. The molecule has 0 saturated heterocycles. The Morgan fingerprint density at radius 3 is 2.18 bits per heavy atom. The van der Waals surface area contributed by atoms with Gasteiger partial charge in [-0.2, -0.15) is 0 Å². The van der Waals surface area contributed by atoms with Gasteiger partial charge in [-0.05, 0) is 33.1 Å². The standard InChI is InChI=1S/C13H25NO3/c1-9(2)7-11(10(3)8-15)14-12(16)17-13(4,5)6/h8-11H,7H2,1-6H3,(H,14,16)/t10-,11+/m0/s1. The zero-order chi connectivity index (χ0) is 13.6. The maximum Gasteiger partial charge on any atom is 0.407 e. The lowest BCUT2D eigenvalue weighted by atomic mass is 9.94. The summed E-state index contributed by atoms with van der Waals surface area (Å²) in [4.78, 5) is 22.4. The summed E-state index contributed by atoms with van der Waals surface area (Å²) in [7, 11) is 0. The van der Waals surface area contributed by atoms with Gasteiger partial charge in [0.15, 0.2) is 0 Å². The van der Waals surface area contributed by atoms with E-state index in [0.29, 0.717) is 5.92 Å². The third-order valence-corrected chi connectivity index (χ3v) is 2.28. The average Bonchev–Trinajstić information content (AvgIpc) is 2.11. The van der Waals surface area contributed by atoms with Crippen molar-refractivity contribution < 1.29 is 14.3 Å². The first kappa shape index (κ1) is 15.9. The molecule has 0 saturated carbocycles. The third kappa shape index (κ3) is 7.77. The summed E-state index contributed by atoms with van der Waals surface area (Å²) in [6, 6.07) is -0.164. The van der Waals surface area contributed by atoms with Gasteiger partial charge in [0.2, 0.25) is 0 Å². The van der Waals surface area contributed by atoms with Gasteiger partial charge in [0.25, 0.3) is 0 Å². The molecule has 1 N–H and O–H groups in total. The van der Waals surface area contributed by atoms with Crippen molar-refractivity contribution in [2.45, 2.75) is 59.6 Å². The van der Waals surface area contributed by atoms with E-state index < -0.39 is 11.7 Å². The minimum atomic E-state index is -0.517. The van der Waals surface area contributed by atoms with Gasteiger partial charge >= 0.3 is 6.09 Å². The first-order valence-corrected chi connectivity index (χ1v) is 6.10.